The lowest BCUT2D eigenvalue weighted by Crippen LogP contribution is -2.16. The first-order chi connectivity index (χ1) is 8.91. The van der Waals surface area contributed by atoms with Gasteiger partial charge in [0.05, 0.1) is 5.56 Å². The molecule has 0 radical (unpaired) electrons. The van der Waals surface area contributed by atoms with Gasteiger partial charge in [-0.15, -0.1) is 0 Å². The number of aromatic nitrogens is 1. The third kappa shape index (κ3) is 4.69. The molecule has 0 unspecified atom stereocenters. The van der Waals surface area contributed by atoms with Gasteiger partial charge in [-0.1, -0.05) is 41.5 Å². The fourth-order valence-electron chi connectivity index (χ4n) is 2.04. The topological polar surface area (TPSA) is 37.5 Å². The van der Waals surface area contributed by atoms with Crippen molar-refractivity contribution < 1.29 is 5.11 Å². The van der Waals surface area contributed by atoms with Crippen LogP contribution >= 0.6 is 0 Å². The van der Waals surface area contributed by atoms with Gasteiger partial charge in [0.1, 0.15) is 0 Å². The average Bonchev–Trinajstić information content (AvgIpc) is 2.51. The maximum absolute atomic E-state index is 10.5. The Kier molecular flexibility index (Phi) is 4.73. The van der Waals surface area contributed by atoms with Gasteiger partial charge in [0.2, 0.25) is 5.88 Å². The Morgan fingerprint density at radius 3 is 2.15 bits per heavy atom. The molecule has 0 saturated heterocycles. The van der Waals surface area contributed by atoms with Crippen LogP contribution in [0.5, 0.6) is 5.88 Å². The van der Waals surface area contributed by atoms with Crippen molar-refractivity contribution in [1.82, 2.24) is 4.57 Å². The number of aliphatic imine (C=N–C) groups is 1. The van der Waals surface area contributed by atoms with E-state index >= 15 is 0 Å². The molecular formula is C17H30N2O. The van der Waals surface area contributed by atoms with Crippen LogP contribution in [0.25, 0.3) is 0 Å². The summed E-state index contributed by atoms with van der Waals surface area (Å²) in [4.78, 5) is 4.62. The third-order valence-corrected chi connectivity index (χ3v) is 3.09. The molecule has 1 heterocycles. The second-order valence-corrected chi connectivity index (χ2v) is 8.13. The first-order valence-corrected chi connectivity index (χ1v) is 7.31. The summed E-state index contributed by atoms with van der Waals surface area (Å²) < 4.78 is 1.98. The number of aromatic hydroxyl groups is 1. The largest absolute Gasteiger partial charge is 0.494 e. The highest BCUT2D eigenvalue weighted by Gasteiger charge is 2.19. The van der Waals surface area contributed by atoms with Gasteiger partial charge in [-0.3, -0.25) is 4.99 Å². The highest BCUT2D eigenvalue weighted by molar-refractivity contribution is 6.01. The number of hydrogen-bond acceptors (Lipinski definition) is 2. The van der Waals surface area contributed by atoms with Crippen molar-refractivity contribution in [2.75, 3.05) is 6.54 Å². The average molecular weight is 278 g/mol. The molecule has 1 aromatic heterocycles. The summed E-state index contributed by atoms with van der Waals surface area (Å²) in [5, 5.41) is 10.5. The Hall–Kier alpha value is -1.25. The molecule has 0 atom stereocenters. The lowest BCUT2D eigenvalue weighted by molar-refractivity contribution is 0.309. The quantitative estimate of drug-likeness (QED) is 0.817. The molecule has 1 rings (SSSR count). The predicted octanol–water partition coefficient (Wildman–Crippen LogP) is 4.40. The fraction of sp³-hybridized carbons (Fsp3) is 0.706. The molecule has 0 fully saturated rings. The first kappa shape index (κ1) is 16.8. The second-order valence-electron chi connectivity index (χ2n) is 8.13. The van der Waals surface area contributed by atoms with E-state index < -0.39 is 0 Å². The second kappa shape index (κ2) is 5.63. The third-order valence-electron chi connectivity index (χ3n) is 3.09. The Balaban J connectivity index is 3.07. The highest BCUT2D eigenvalue weighted by Crippen LogP contribution is 2.28. The zero-order chi connectivity index (χ0) is 15.7. The van der Waals surface area contributed by atoms with Crippen LogP contribution in [0, 0.1) is 17.8 Å². The van der Waals surface area contributed by atoms with E-state index in [0.717, 1.165) is 30.1 Å². The van der Waals surface area contributed by atoms with Gasteiger partial charge in [0.25, 0.3) is 0 Å². The van der Waals surface area contributed by atoms with E-state index in [1.54, 1.807) is 0 Å². The van der Waals surface area contributed by atoms with E-state index in [2.05, 4.69) is 46.5 Å². The molecule has 1 N–H and O–H groups in total. The Labute approximate surface area is 123 Å². The lowest BCUT2D eigenvalue weighted by atomic mass is 9.97. The van der Waals surface area contributed by atoms with E-state index in [1.165, 1.54) is 0 Å². The number of aryl methyl sites for hydroxylation is 1. The van der Waals surface area contributed by atoms with E-state index in [0.29, 0.717) is 5.88 Å². The van der Waals surface area contributed by atoms with E-state index in [9.17, 15) is 5.11 Å². The van der Waals surface area contributed by atoms with Crippen molar-refractivity contribution in [3.63, 3.8) is 0 Å². The van der Waals surface area contributed by atoms with Crippen LogP contribution in [-0.4, -0.2) is 21.9 Å². The van der Waals surface area contributed by atoms with Crippen molar-refractivity contribution in [1.29, 1.82) is 0 Å². The van der Waals surface area contributed by atoms with Gasteiger partial charge in [-0.25, -0.2) is 0 Å². The molecule has 20 heavy (non-hydrogen) atoms. The van der Waals surface area contributed by atoms with E-state index in [-0.39, 0.29) is 10.8 Å². The minimum atomic E-state index is 0.134. The summed E-state index contributed by atoms with van der Waals surface area (Å²) in [6, 6.07) is 2.03. The van der Waals surface area contributed by atoms with Gasteiger partial charge >= 0.3 is 0 Å². The zero-order valence-electron chi connectivity index (χ0n) is 14.3. The Morgan fingerprint density at radius 1 is 1.15 bits per heavy atom. The summed E-state index contributed by atoms with van der Waals surface area (Å²) >= 11 is 0. The smallest absolute Gasteiger partial charge is 0.200 e. The van der Waals surface area contributed by atoms with Gasteiger partial charge in [-0.05, 0) is 30.7 Å². The summed E-state index contributed by atoms with van der Waals surface area (Å²) in [6.07, 6.45) is 0. The summed E-state index contributed by atoms with van der Waals surface area (Å²) in [6.45, 7) is 18.6. The van der Waals surface area contributed by atoms with Crippen LogP contribution in [-0.2, 0) is 6.54 Å². The van der Waals surface area contributed by atoms with Crippen LogP contribution < -0.4 is 0 Å². The monoisotopic (exact) mass is 278 g/mol. The molecule has 0 bridgehead atoms. The minimum Gasteiger partial charge on any atom is -0.494 e. The number of hydrogen-bond donors (Lipinski definition) is 1. The SMILES string of the molecule is CC(=NCC(C)(C)C)c1cc(C)n(CC(C)(C)C)c1O. The van der Waals surface area contributed by atoms with Crippen LogP contribution in [0.15, 0.2) is 11.1 Å². The maximum Gasteiger partial charge on any atom is 0.200 e. The molecule has 0 aliphatic carbocycles. The molecule has 0 saturated carbocycles. The molecule has 3 nitrogen and oxygen atoms in total. The molecule has 114 valence electrons. The predicted molar refractivity (Wildman–Crippen MR) is 86.8 cm³/mol. The van der Waals surface area contributed by atoms with Gasteiger partial charge in [-0.2, -0.15) is 0 Å². The highest BCUT2D eigenvalue weighted by atomic mass is 16.3. The standard InChI is InChI=1S/C17H30N2O/c1-12-9-14(13(2)18-10-16(3,4)5)15(20)19(12)11-17(6,7)8/h9,20H,10-11H2,1-8H3. The molecule has 1 aromatic rings. The molecule has 0 amide bonds. The minimum absolute atomic E-state index is 0.134. The lowest BCUT2D eigenvalue weighted by Gasteiger charge is -2.21. The van der Waals surface area contributed by atoms with Crippen LogP contribution in [0.4, 0.5) is 0 Å². The Bertz CT molecular complexity index is 496. The van der Waals surface area contributed by atoms with Crippen molar-refractivity contribution in [3.8, 4) is 5.88 Å². The van der Waals surface area contributed by atoms with Gasteiger partial charge < -0.3 is 9.67 Å². The molecule has 3 heteroatoms. The normalized spacial score (nSPS) is 13.9. The Morgan fingerprint density at radius 2 is 1.70 bits per heavy atom. The van der Waals surface area contributed by atoms with Crippen molar-refractivity contribution in [3.05, 3.63) is 17.3 Å². The van der Waals surface area contributed by atoms with Crippen molar-refractivity contribution >= 4 is 5.71 Å². The maximum atomic E-state index is 10.5. The number of rotatable bonds is 3. The molecule has 0 aliphatic rings. The van der Waals surface area contributed by atoms with Crippen molar-refractivity contribution in [2.45, 2.75) is 61.9 Å². The van der Waals surface area contributed by atoms with Crippen LogP contribution in [0.1, 0.15) is 59.7 Å². The first-order valence-electron chi connectivity index (χ1n) is 7.31. The molecule has 0 spiro atoms. The molecule has 0 aromatic carbocycles. The van der Waals surface area contributed by atoms with Crippen LogP contribution in [0.2, 0.25) is 0 Å². The van der Waals surface area contributed by atoms with Crippen molar-refractivity contribution in [2.24, 2.45) is 15.8 Å². The molecular weight excluding hydrogens is 248 g/mol. The molecule has 0 aliphatic heterocycles. The summed E-state index contributed by atoms with van der Waals surface area (Å²) in [5.74, 6) is 0.340. The van der Waals surface area contributed by atoms with Crippen LogP contribution in [0.3, 0.4) is 0 Å². The zero-order valence-corrected chi connectivity index (χ0v) is 14.3. The van der Waals surface area contributed by atoms with Gasteiger partial charge in [0.15, 0.2) is 0 Å². The van der Waals surface area contributed by atoms with E-state index in [1.807, 2.05) is 24.5 Å². The fourth-order valence-corrected chi connectivity index (χ4v) is 2.04. The number of nitrogens with zero attached hydrogens (tertiary/aromatic N) is 2. The summed E-state index contributed by atoms with van der Waals surface area (Å²) in [7, 11) is 0. The summed E-state index contributed by atoms with van der Waals surface area (Å²) in [5.41, 5.74) is 3.15. The van der Waals surface area contributed by atoms with E-state index in [4.69, 9.17) is 0 Å². The van der Waals surface area contributed by atoms with Gasteiger partial charge in [0, 0.05) is 24.5 Å².